The molecule has 1 atom stereocenters. The molecule has 1 unspecified atom stereocenters. The van der Waals surface area contributed by atoms with Gasteiger partial charge >= 0.3 is 18.9 Å². The van der Waals surface area contributed by atoms with Gasteiger partial charge in [0.2, 0.25) is 0 Å². The largest absolute Gasteiger partial charge is 1.00 e. The zero-order valence-electron chi connectivity index (χ0n) is 9.33. The van der Waals surface area contributed by atoms with Crippen LogP contribution in [-0.4, -0.2) is 19.0 Å². The second-order valence-corrected chi connectivity index (χ2v) is 3.76. The molecule has 2 heteroatoms. The molecule has 0 amide bonds. The summed E-state index contributed by atoms with van der Waals surface area (Å²) in [6.07, 6.45) is 3.40. The Morgan fingerprint density at radius 2 is 1.86 bits per heavy atom. The molecule has 0 aromatic heterocycles. The van der Waals surface area contributed by atoms with Crippen LogP contribution in [0.4, 0.5) is 0 Å². The quantitative estimate of drug-likeness (QED) is 0.411. The van der Waals surface area contributed by atoms with E-state index in [1.54, 1.807) is 0 Å². The van der Waals surface area contributed by atoms with Crippen LogP contribution in [0.3, 0.4) is 0 Å². The van der Waals surface area contributed by atoms with Gasteiger partial charge in [0.1, 0.15) is 0 Å². The number of hydrogen-bond acceptors (Lipinski definition) is 1. The first-order chi connectivity index (χ1) is 6.20. The molecule has 0 saturated heterocycles. The van der Waals surface area contributed by atoms with E-state index in [9.17, 15) is 0 Å². The molecule has 0 N–H and O–H groups in total. The number of benzene rings is 1. The van der Waals surface area contributed by atoms with E-state index in [4.69, 9.17) is 0 Å². The van der Waals surface area contributed by atoms with Crippen LogP contribution < -0.4 is 18.9 Å². The van der Waals surface area contributed by atoms with Crippen LogP contribution in [-0.2, 0) is 0 Å². The Hall–Kier alpha value is -0.483. The SMILES string of the molecule is CC1=[C-]c2ccccc2C1N(C)C.[Li+]. The molecule has 0 aliphatic heterocycles. The molecule has 2 rings (SSSR count). The minimum absolute atomic E-state index is 0. The van der Waals surface area contributed by atoms with Gasteiger partial charge in [-0.1, -0.05) is 13.0 Å². The van der Waals surface area contributed by atoms with E-state index in [1.807, 2.05) is 0 Å². The molecular weight excluding hydrogens is 165 g/mol. The van der Waals surface area contributed by atoms with Crippen molar-refractivity contribution in [3.63, 3.8) is 0 Å². The van der Waals surface area contributed by atoms with Gasteiger partial charge in [0, 0.05) is 0 Å². The van der Waals surface area contributed by atoms with Crippen LogP contribution in [0.2, 0.25) is 0 Å². The maximum Gasteiger partial charge on any atom is 1.00 e. The second kappa shape index (κ2) is 4.36. The van der Waals surface area contributed by atoms with Crippen molar-refractivity contribution in [3.8, 4) is 0 Å². The fourth-order valence-electron chi connectivity index (χ4n) is 2.03. The fourth-order valence-corrected chi connectivity index (χ4v) is 2.03. The Balaban J connectivity index is 0.000000980. The zero-order chi connectivity index (χ0) is 9.42. The van der Waals surface area contributed by atoms with Crippen LogP contribution in [0.25, 0.3) is 0 Å². The van der Waals surface area contributed by atoms with Gasteiger partial charge < -0.3 is 4.90 Å². The van der Waals surface area contributed by atoms with Crippen LogP contribution in [0, 0.1) is 6.08 Å². The minimum atomic E-state index is 0. The minimum Gasteiger partial charge on any atom is -0.310 e. The van der Waals surface area contributed by atoms with Gasteiger partial charge in [0.05, 0.1) is 0 Å². The molecule has 0 radical (unpaired) electrons. The summed E-state index contributed by atoms with van der Waals surface area (Å²) in [5, 5.41) is 0. The first-order valence-corrected chi connectivity index (χ1v) is 4.56. The summed E-state index contributed by atoms with van der Waals surface area (Å²) in [5.74, 6) is 0. The number of hydrogen-bond donors (Lipinski definition) is 0. The molecular formula is C12H14LiN. The Kier molecular flexibility index (Phi) is 3.61. The fraction of sp³-hybridized carbons (Fsp3) is 0.333. The number of fused-ring (bicyclic) bond motifs is 1. The van der Waals surface area contributed by atoms with Crippen molar-refractivity contribution in [1.82, 2.24) is 4.90 Å². The number of nitrogens with zero attached hydrogens (tertiary/aromatic N) is 1. The van der Waals surface area contributed by atoms with Crippen LogP contribution in [0.15, 0.2) is 29.8 Å². The standard InChI is InChI=1S/C12H14N.Li/c1-9-8-10-6-4-5-7-11(10)12(9)13(2)3;/h4-7,12H,1-3H3;/q-1;+1. The maximum absolute atomic E-state index is 3.40. The third-order valence-electron chi connectivity index (χ3n) is 2.51. The molecule has 1 aromatic carbocycles. The van der Waals surface area contributed by atoms with E-state index in [1.165, 1.54) is 16.7 Å². The molecule has 68 valence electrons. The first kappa shape index (κ1) is 11.6. The molecule has 0 fully saturated rings. The molecule has 1 aliphatic rings. The van der Waals surface area contributed by atoms with E-state index in [0.717, 1.165) is 0 Å². The van der Waals surface area contributed by atoms with Gasteiger partial charge in [-0.05, 0) is 20.1 Å². The molecule has 1 nitrogen and oxygen atoms in total. The van der Waals surface area contributed by atoms with Crippen molar-refractivity contribution >= 4 is 0 Å². The summed E-state index contributed by atoms with van der Waals surface area (Å²) >= 11 is 0. The normalized spacial score (nSPS) is 18.9. The van der Waals surface area contributed by atoms with Crippen molar-refractivity contribution in [2.75, 3.05) is 14.1 Å². The Labute approximate surface area is 98.0 Å². The summed E-state index contributed by atoms with van der Waals surface area (Å²) in [6, 6.07) is 8.90. The predicted molar refractivity (Wildman–Crippen MR) is 54.4 cm³/mol. The third kappa shape index (κ3) is 1.81. The van der Waals surface area contributed by atoms with Crippen LogP contribution >= 0.6 is 0 Å². The van der Waals surface area contributed by atoms with Gasteiger partial charge in [-0.3, -0.25) is 0 Å². The molecule has 0 spiro atoms. The topological polar surface area (TPSA) is 3.24 Å². The smallest absolute Gasteiger partial charge is 0.310 e. The van der Waals surface area contributed by atoms with Crippen molar-refractivity contribution in [1.29, 1.82) is 0 Å². The average molecular weight is 179 g/mol. The van der Waals surface area contributed by atoms with Crippen LogP contribution in [0.1, 0.15) is 24.1 Å². The van der Waals surface area contributed by atoms with Gasteiger partial charge in [0.15, 0.2) is 0 Å². The summed E-state index contributed by atoms with van der Waals surface area (Å²) in [6.45, 7) is 2.14. The van der Waals surface area contributed by atoms with Crippen molar-refractivity contribution in [2.24, 2.45) is 0 Å². The van der Waals surface area contributed by atoms with Crippen molar-refractivity contribution < 1.29 is 18.9 Å². The predicted octanol–water partition coefficient (Wildman–Crippen LogP) is -0.596. The van der Waals surface area contributed by atoms with Gasteiger partial charge in [-0.15, -0.1) is 23.3 Å². The van der Waals surface area contributed by atoms with E-state index >= 15 is 0 Å². The van der Waals surface area contributed by atoms with E-state index in [2.05, 4.69) is 56.3 Å². The van der Waals surface area contributed by atoms with E-state index < -0.39 is 0 Å². The van der Waals surface area contributed by atoms with Crippen molar-refractivity contribution in [2.45, 2.75) is 13.0 Å². The Morgan fingerprint density at radius 1 is 1.21 bits per heavy atom. The Bertz CT molecular complexity index is 355. The molecule has 0 heterocycles. The maximum atomic E-state index is 3.40. The number of likely N-dealkylation sites (N-methyl/N-ethyl adjacent to an activating group) is 1. The van der Waals surface area contributed by atoms with Gasteiger partial charge in [-0.2, -0.15) is 17.7 Å². The zero-order valence-corrected chi connectivity index (χ0v) is 9.33. The monoisotopic (exact) mass is 179 g/mol. The summed E-state index contributed by atoms with van der Waals surface area (Å²) in [7, 11) is 4.22. The molecule has 1 aliphatic carbocycles. The molecule has 14 heavy (non-hydrogen) atoms. The number of rotatable bonds is 1. The summed E-state index contributed by atoms with van der Waals surface area (Å²) in [4.78, 5) is 2.23. The van der Waals surface area contributed by atoms with E-state index in [-0.39, 0.29) is 18.9 Å². The van der Waals surface area contributed by atoms with Crippen LogP contribution in [0.5, 0.6) is 0 Å². The van der Waals surface area contributed by atoms with Gasteiger partial charge in [0.25, 0.3) is 0 Å². The molecule has 0 saturated carbocycles. The summed E-state index contributed by atoms with van der Waals surface area (Å²) in [5.41, 5.74) is 3.94. The molecule has 1 aromatic rings. The average Bonchev–Trinajstić information content (AvgIpc) is 2.39. The van der Waals surface area contributed by atoms with E-state index in [0.29, 0.717) is 6.04 Å². The first-order valence-electron chi connectivity index (χ1n) is 4.56. The van der Waals surface area contributed by atoms with Crippen molar-refractivity contribution in [3.05, 3.63) is 47.0 Å². The Morgan fingerprint density at radius 3 is 2.50 bits per heavy atom. The summed E-state index contributed by atoms with van der Waals surface area (Å²) < 4.78 is 0. The van der Waals surface area contributed by atoms with Gasteiger partial charge in [-0.25, -0.2) is 0 Å². The third-order valence-corrected chi connectivity index (χ3v) is 2.51. The molecule has 0 bridgehead atoms. The second-order valence-electron chi connectivity index (χ2n) is 3.76.